The van der Waals surface area contributed by atoms with Gasteiger partial charge in [0.25, 0.3) is 0 Å². The first kappa shape index (κ1) is 10.7. The van der Waals surface area contributed by atoms with Crippen molar-refractivity contribution in [2.75, 3.05) is 19.6 Å². The maximum absolute atomic E-state index is 10.7. The lowest BCUT2D eigenvalue weighted by molar-refractivity contribution is 0.213. The minimum atomic E-state index is -0.466. The fraction of sp³-hybridized carbons (Fsp3) is 0.875. The van der Waals surface area contributed by atoms with E-state index in [-0.39, 0.29) is 0 Å². The van der Waals surface area contributed by atoms with Gasteiger partial charge < -0.3 is 5.73 Å². The van der Waals surface area contributed by atoms with Crippen molar-refractivity contribution in [3.63, 3.8) is 0 Å². The Hall–Kier alpha value is -0.420. The number of hydrogen-bond donors (Lipinski definition) is 2. The largest absolute Gasteiger partial charge is 0.351 e. The highest BCUT2D eigenvalue weighted by molar-refractivity contribution is 7.78. The first-order valence-electron chi connectivity index (χ1n) is 4.65. The monoisotopic (exact) mass is 203 g/mol. The zero-order valence-electron chi connectivity index (χ0n) is 7.94. The molecule has 2 N–H and O–H groups in total. The number of likely N-dealkylation sites (N-methyl/N-ethyl adjacent to an activating group) is 1. The highest BCUT2D eigenvalue weighted by Gasteiger charge is 2.25. The third-order valence-corrected chi connectivity index (χ3v) is 2.90. The van der Waals surface area contributed by atoms with Crippen molar-refractivity contribution in [1.29, 1.82) is 0 Å². The third kappa shape index (κ3) is 2.77. The van der Waals surface area contributed by atoms with Crippen LogP contribution in [0.15, 0.2) is 0 Å². The van der Waals surface area contributed by atoms with Gasteiger partial charge in [-0.05, 0) is 25.9 Å². The van der Waals surface area contributed by atoms with E-state index in [1.54, 1.807) is 0 Å². The standard InChI is InChI=1S/C8H17N3OS/c1-2-10-5-3-4-7(10)6-11(13)8(9)12/h7,13H,2-6H2,1H3,(H2,9,12). The molecule has 1 aliphatic heterocycles. The van der Waals surface area contributed by atoms with Crippen molar-refractivity contribution < 1.29 is 4.79 Å². The average molecular weight is 203 g/mol. The van der Waals surface area contributed by atoms with Crippen LogP contribution in [0, 0.1) is 0 Å². The highest BCUT2D eigenvalue weighted by Crippen LogP contribution is 2.17. The van der Waals surface area contributed by atoms with Gasteiger partial charge in [0.1, 0.15) is 0 Å². The Kier molecular flexibility index (Phi) is 3.87. The molecule has 1 fully saturated rings. The molecular weight excluding hydrogens is 186 g/mol. The summed E-state index contributed by atoms with van der Waals surface area (Å²) in [5.41, 5.74) is 5.09. The summed E-state index contributed by atoms with van der Waals surface area (Å²) < 4.78 is 1.29. The normalized spacial score (nSPS) is 23.4. The molecule has 1 aliphatic rings. The van der Waals surface area contributed by atoms with E-state index in [0.29, 0.717) is 12.6 Å². The Morgan fingerprint density at radius 3 is 3.00 bits per heavy atom. The van der Waals surface area contributed by atoms with E-state index in [0.717, 1.165) is 19.5 Å². The molecule has 0 aromatic heterocycles. The topological polar surface area (TPSA) is 49.6 Å². The van der Waals surface area contributed by atoms with Gasteiger partial charge in [0.15, 0.2) is 0 Å². The van der Waals surface area contributed by atoms with Gasteiger partial charge >= 0.3 is 6.03 Å². The lowest BCUT2D eigenvalue weighted by Gasteiger charge is -2.25. The Labute approximate surface area is 84.6 Å². The van der Waals surface area contributed by atoms with Gasteiger partial charge in [0.2, 0.25) is 0 Å². The van der Waals surface area contributed by atoms with Crippen molar-refractivity contribution in [3.05, 3.63) is 0 Å². The zero-order chi connectivity index (χ0) is 9.84. The van der Waals surface area contributed by atoms with Crippen LogP contribution in [-0.2, 0) is 0 Å². The van der Waals surface area contributed by atoms with Crippen LogP contribution in [0.1, 0.15) is 19.8 Å². The maximum Gasteiger partial charge on any atom is 0.324 e. The predicted octanol–water partition coefficient (Wildman–Crippen LogP) is 0.696. The van der Waals surface area contributed by atoms with E-state index in [2.05, 4.69) is 24.6 Å². The van der Waals surface area contributed by atoms with Gasteiger partial charge in [-0.2, -0.15) is 0 Å². The molecule has 0 aromatic rings. The second-order valence-electron chi connectivity index (χ2n) is 3.34. The molecule has 0 saturated carbocycles. The number of amides is 2. The molecule has 0 bridgehead atoms. The van der Waals surface area contributed by atoms with E-state index in [1.165, 1.54) is 10.7 Å². The van der Waals surface area contributed by atoms with E-state index in [1.807, 2.05) is 0 Å². The molecule has 0 spiro atoms. The van der Waals surface area contributed by atoms with Crippen LogP contribution in [-0.4, -0.2) is 40.9 Å². The zero-order valence-corrected chi connectivity index (χ0v) is 8.83. The Balaban J connectivity index is 2.39. The van der Waals surface area contributed by atoms with E-state index < -0.39 is 6.03 Å². The quantitative estimate of drug-likeness (QED) is 0.663. The summed E-state index contributed by atoms with van der Waals surface area (Å²) >= 11 is 4.01. The first-order chi connectivity index (χ1) is 6.15. The summed E-state index contributed by atoms with van der Waals surface area (Å²) in [7, 11) is 0. The molecule has 0 radical (unpaired) electrons. The molecule has 0 aliphatic carbocycles. The molecule has 1 saturated heterocycles. The minimum absolute atomic E-state index is 0.440. The number of nitrogens with two attached hydrogens (primary N) is 1. The predicted molar refractivity (Wildman–Crippen MR) is 55.5 cm³/mol. The summed E-state index contributed by atoms with van der Waals surface area (Å²) in [5.74, 6) is 0. The molecule has 1 atom stereocenters. The van der Waals surface area contributed by atoms with Crippen LogP contribution < -0.4 is 5.73 Å². The molecule has 5 heteroatoms. The first-order valence-corrected chi connectivity index (χ1v) is 5.05. The Bertz CT molecular complexity index is 188. The fourth-order valence-corrected chi connectivity index (χ4v) is 2.00. The number of primary amides is 1. The minimum Gasteiger partial charge on any atom is -0.351 e. The lowest BCUT2D eigenvalue weighted by atomic mass is 10.2. The van der Waals surface area contributed by atoms with E-state index >= 15 is 0 Å². The van der Waals surface area contributed by atoms with Crippen molar-refractivity contribution in [1.82, 2.24) is 9.21 Å². The van der Waals surface area contributed by atoms with Gasteiger partial charge in [-0.15, -0.1) is 0 Å². The fourth-order valence-electron chi connectivity index (χ4n) is 1.81. The maximum atomic E-state index is 10.7. The summed E-state index contributed by atoms with van der Waals surface area (Å²) in [5, 5.41) is 0. The number of nitrogens with zero attached hydrogens (tertiary/aromatic N) is 2. The van der Waals surface area contributed by atoms with Gasteiger partial charge in [-0.1, -0.05) is 19.7 Å². The molecule has 13 heavy (non-hydrogen) atoms. The summed E-state index contributed by atoms with van der Waals surface area (Å²) in [4.78, 5) is 13.1. The molecule has 0 aromatic carbocycles. The average Bonchev–Trinajstić information content (AvgIpc) is 2.51. The smallest absolute Gasteiger partial charge is 0.324 e. The SMILES string of the molecule is CCN1CCCC1CN(S)C(N)=O. The van der Waals surface area contributed by atoms with Crippen LogP contribution >= 0.6 is 12.8 Å². The molecule has 1 heterocycles. The van der Waals surface area contributed by atoms with Crippen molar-refractivity contribution in [2.45, 2.75) is 25.8 Å². The van der Waals surface area contributed by atoms with Crippen LogP contribution in [0.2, 0.25) is 0 Å². The van der Waals surface area contributed by atoms with Crippen molar-refractivity contribution in [3.8, 4) is 0 Å². The van der Waals surface area contributed by atoms with Crippen molar-refractivity contribution in [2.24, 2.45) is 5.73 Å². The van der Waals surface area contributed by atoms with E-state index in [9.17, 15) is 4.79 Å². The van der Waals surface area contributed by atoms with E-state index in [4.69, 9.17) is 5.73 Å². The van der Waals surface area contributed by atoms with Crippen LogP contribution in [0.5, 0.6) is 0 Å². The molecule has 2 amide bonds. The van der Waals surface area contributed by atoms with Gasteiger partial charge in [0.05, 0.1) is 0 Å². The second kappa shape index (κ2) is 4.72. The van der Waals surface area contributed by atoms with Crippen molar-refractivity contribution >= 4 is 18.8 Å². The van der Waals surface area contributed by atoms with Gasteiger partial charge in [0, 0.05) is 12.6 Å². The number of rotatable bonds is 3. The lowest BCUT2D eigenvalue weighted by Crippen LogP contribution is -2.40. The van der Waals surface area contributed by atoms with Gasteiger partial charge in [-0.3, -0.25) is 9.21 Å². The number of thiol groups is 1. The molecular formula is C8H17N3OS. The number of carbonyl (C=O) groups excluding carboxylic acids is 1. The van der Waals surface area contributed by atoms with Gasteiger partial charge in [-0.25, -0.2) is 4.79 Å². The van der Waals surface area contributed by atoms with Crippen LogP contribution in [0.4, 0.5) is 4.79 Å². The third-order valence-electron chi connectivity index (χ3n) is 2.54. The Morgan fingerprint density at radius 2 is 2.46 bits per heavy atom. The molecule has 76 valence electrons. The molecule has 4 nitrogen and oxygen atoms in total. The second-order valence-corrected chi connectivity index (χ2v) is 3.83. The van der Waals surface area contributed by atoms with Crippen LogP contribution in [0.3, 0.4) is 0 Å². The highest BCUT2D eigenvalue weighted by atomic mass is 32.1. The number of carbonyl (C=O) groups is 1. The number of urea groups is 1. The summed E-state index contributed by atoms with van der Waals surface area (Å²) in [6.07, 6.45) is 2.34. The van der Waals surface area contributed by atoms with Crippen LogP contribution in [0.25, 0.3) is 0 Å². The summed E-state index contributed by atoms with van der Waals surface area (Å²) in [6.45, 7) is 4.92. The molecule has 1 rings (SSSR count). The number of likely N-dealkylation sites (tertiary alicyclic amines) is 1. The Morgan fingerprint density at radius 1 is 1.77 bits per heavy atom. The molecule has 1 unspecified atom stereocenters. The number of hydrogen-bond acceptors (Lipinski definition) is 3. The summed E-state index contributed by atoms with van der Waals surface area (Å²) in [6, 6.07) is -0.0266.